The van der Waals surface area contributed by atoms with E-state index in [0.29, 0.717) is 18.5 Å². The third-order valence-electron chi connectivity index (χ3n) is 4.53. The zero-order valence-corrected chi connectivity index (χ0v) is 16.7. The number of ether oxygens (including phenoxy) is 2. The number of nitrogens with zero attached hydrogens (tertiary/aromatic N) is 3. The lowest BCUT2D eigenvalue weighted by Gasteiger charge is -2.34. The maximum Gasteiger partial charge on any atom is 0.218 e. The van der Waals surface area contributed by atoms with Gasteiger partial charge < -0.3 is 20.1 Å². The van der Waals surface area contributed by atoms with E-state index in [1.54, 1.807) is 31.7 Å². The summed E-state index contributed by atoms with van der Waals surface area (Å²) in [5.41, 5.74) is 0.992. The summed E-state index contributed by atoms with van der Waals surface area (Å²) in [6, 6.07) is 8.51. The number of morpholine rings is 1. The molecule has 2 N–H and O–H groups in total. The van der Waals surface area contributed by atoms with Crippen LogP contribution in [0, 0.1) is 0 Å². The molecule has 1 unspecified atom stereocenters. The van der Waals surface area contributed by atoms with Gasteiger partial charge >= 0.3 is 0 Å². The minimum absolute atomic E-state index is 0.306. The average Bonchev–Trinajstić information content (AvgIpc) is 3.26. The molecule has 0 spiro atoms. The fourth-order valence-corrected chi connectivity index (χ4v) is 3.98. The van der Waals surface area contributed by atoms with Gasteiger partial charge in [0.15, 0.2) is 5.96 Å². The van der Waals surface area contributed by atoms with Gasteiger partial charge in [0.2, 0.25) is 5.88 Å². The SMILES string of the molecule is CN=C(NCc1cccnc1OC)NCC(c1cccs1)N1CCOCC1. The fraction of sp³-hybridized carbons (Fsp3) is 0.474. The summed E-state index contributed by atoms with van der Waals surface area (Å²) in [5, 5.41) is 8.94. The van der Waals surface area contributed by atoms with Crippen molar-refractivity contribution in [2.75, 3.05) is 47.0 Å². The molecule has 3 rings (SSSR count). The third kappa shape index (κ3) is 5.41. The summed E-state index contributed by atoms with van der Waals surface area (Å²) < 4.78 is 10.8. The van der Waals surface area contributed by atoms with Crippen molar-refractivity contribution in [3.05, 3.63) is 46.3 Å². The zero-order chi connectivity index (χ0) is 18.9. The lowest BCUT2D eigenvalue weighted by atomic mass is 10.2. The average molecular weight is 390 g/mol. The van der Waals surface area contributed by atoms with Gasteiger partial charge in [-0.3, -0.25) is 9.89 Å². The first-order valence-electron chi connectivity index (χ1n) is 9.09. The first-order chi connectivity index (χ1) is 13.3. The Bertz CT molecular complexity index is 717. The van der Waals surface area contributed by atoms with Gasteiger partial charge in [-0.05, 0) is 17.5 Å². The number of nitrogens with one attached hydrogen (secondary N) is 2. The van der Waals surface area contributed by atoms with Crippen LogP contribution in [0.5, 0.6) is 5.88 Å². The van der Waals surface area contributed by atoms with Crippen molar-refractivity contribution in [3.8, 4) is 5.88 Å². The Morgan fingerprint density at radius 2 is 2.19 bits per heavy atom. The van der Waals surface area contributed by atoms with E-state index < -0.39 is 0 Å². The van der Waals surface area contributed by atoms with Gasteiger partial charge in [0.05, 0.1) is 26.4 Å². The molecule has 0 saturated carbocycles. The molecule has 3 heterocycles. The van der Waals surface area contributed by atoms with Crippen LogP contribution >= 0.6 is 11.3 Å². The molecule has 1 atom stereocenters. The molecule has 8 heteroatoms. The Morgan fingerprint density at radius 1 is 1.33 bits per heavy atom. The monoisotopic (exact) mass is 389 g/mol. The van der Waals surface area contributed by atoms with Crippen LogP contribution in [0.3, 0.4) is 0 Å². The molecule has 1 saturated heterocycles. The van der Waals surface area contributed by atoms with Gasteiger partial charge in [0.25, 0.3) is 0 Å². The molecular formula is C19H27N5O2S. The third-order valence-corrected chi connectivity index (χ3v) is 5.51. The van der Waals surface area contributed by atoms with Crippen molar-refractivity contribution in [1.82, 2.24) is 20.5 Å². The summed E-state index contributed by atoms with van der Waals surface area (Å²) >= 11 is 1.79. The van der Waals surface area contributed by atoms with E-state index in [1.165, 1.54) is 4.88 Å². The summed E-state index contributed by atoms with van der Waals surface area (Å²) in [6.45, 7) is 4.85. The largest absolute Gasteiger partial charge is 0.481 e. The minimum Gasteiger partial charge on any atom is -0.481 e. The van der Waals surface area contributed by atoms with Crippen molar-refractivity contribution in [1.29, 1.82) is 0 Å². The van der Waals surface area contributed by atoms with Crippen molar-refractivity contribution in [2.45, 2.75) is 12.6 Å². The highest BCUT2D eigenvalue weighted by Crippen LogP contribution is 2.25. The van der Waals surface area contributed by atoms with E-state index in [2.05, 4.69) is 43.0 Å². The first kappa shape index (κ1) is 19.6. The quantitative estimate of drug-likeness (QED) is 0.557. The number of rotatable bonds is 7. The van der Waals surface area contributed by atoms with Crippen LogP contribution in [-0.4, -0.2) is 62.8 Å². The Hall–Kier alpha value is -2.16. The highest BCUT2D eigenvalue weighted by atomic mass is 32.1. The maximum atomic E-state index is 5.51. The van der Waals surface area contributed by atoms with Gasteiger partial charge in [-0.25, -0.2) is 4.98 Å². The van der Waals surface area contributed by atoms with E-state index in [0.717, 1.165) is 44.4 Å². The smallest absolute Gasteiger partial charge is 0.218 e. The second-order valence-electron chi connectivity index (χ2n) is 6.16. The van der Waals surface area contributed by atoms with Crippen LogP contribution < -0.4 is 15.4 Å². The van der Waals surface area contributed by atoms with Crippen LogP contribution in [0.4, 0.5) is 0 Å². The highest BCUT2D eigenvalue weighted by Gasteiger charge is 2.23. The fourth-order valence-electron chi connectivity index (χ4n) is 3.12. The molecule has 1 fully saturated rings. The molecule has 0 bridgehead atoms. The van der Waals surface area contributed by atoms with Crippen molar-refractivity contribution >= 4 is 17.3 Å². The molecule has 0 aliphatic carbocycles. The Morgan fingerprint density at radius 3 is 2.89 bits per heavy atom. The first-order valence-corrected chi connectivity index (χ1v) is 9.97. The Labute approximate surface area is 164 Å². The number of aliphatic imine (C=N–C) groups is 1. The van der Waals surface area contributed by atoms with Crippen molar-refractivity contribution in [3.63, 3.8) is 0 Å². The summed E-state index contributed by atoms with van der Waals surface area (Å²) in [4.78, 5) is 12.4. The van der Waals surface area contributed by atoms with Gasteiger partial charge in [0.1, 0.15) is 0 Å². The summed E-state index contributed by atoms with van der Waals surface area (Å²) in [7, 11) is 3.41. The number of aromatic nitrogens is 1. The van der Waals surface area contributed by atoms with E-state index in [4.69, 9.17) is 9.47 Å². The van der Waals surface area contributed by atoms with E-state index >= 15 is 0 Å². The number of hydrogen-bond donors (Lipinski definition) is 2. The Balaban J connectivity index is 1.59. The van der Waals surface area contributed by atoms with Crippen LogP contribution in [0.15, 0.2) is 40.8 Å². The van der Waals surface area contributed by atoms with E-state index in [9.17, 15) is 0 Å². The second-order valence-corrected chi connectivity index (χ2v) is 7.14. The van der Waals surface area contributed by atoms with E-state index in [-0.39, 0.29) is 0 Å². The molecular weight excluding hydrogens is 362 g/mol. The van der Waals surface area contributed by atoms with Gasteiger partial charge in [0, 0.05) is 49.9 Å². The van der Waals surface area contributed by atoms with E-state index in [1.807, 2.05) is 12.1 Å². The molecule has 27 heavy (non-hydrogen) atoms. The standard InChI is InChI=1S/C19H27N5O2S/c1-20-19(22-13-15-5-3-7-21-18(15)25-2)23-14-16(17-6-4-12-27-17)24-8-10-26-11-9-24/h3-7,12,16H,8-11,13-14H2,1-2H3,(H2,20,22,23). The molecule has 1 aliphatic rings. The molecule has 0 aromatic carbocycles. The van der Waals surface area contributed by atoms with Crippen molar-refractivity contribution < 1.29 is 9.47 Å². The number of methoxy groups -OCH3 is 1. The zero-order valence-electron chi connectivity index (χ0n) is 15.9. The Kier molecular flexibility index (Phi) is 7.44. The molecule has 0 radical (unpaired) electrons. The van der Waals surface area contributed by atoms with Crippen LogP contribution in [0.2, 0.25) is 0 Å². The second kappa shape index (κ2) is 10.2. The van der Waals surface area contributed by atoms with Gasteiger partial charge in [-0.1, -0.05) is 12.1 Å². The topological polar surface area (TPSA) is 71.0 Å². The predicted octanol–water partition coefficient (Wildman–Crippen LogP) is 1.89. The van der Waals surface area contributed by atoms with Crippen molar-refractivity contribution in [2.24, 2.45) is 4.99 Å². The lowest BCUT2D eigenvalue weighted by molar-refractivity contribution is 0.0177. The summed E-state index contributed by atoms with van der Waals surface area (Å²) in [6.07, 6.45) is 1.73. The van der Waals surface area contributed by atoms with Crippen LogP contribution in [-0.2, 0) is 11.3 Å². The normalized spacial score (nSPS) is 16.7. The van der Waals surface area contributed by atoms with Gasteiger partial charge in [-0.15, -0.1) is 11.3 Å². The molecule has 7 nitrogen and oxygen atoms in total. The summed E-state index contributed by atoms with van der Waals surface area (Å²) in [5.74, 6) is 1.39. The molecule has 0 amide bonds. The molecule has 1 aliphatic heterocycles. The van der Waals surface area contributed by atoms with Gasteiger partial charge in [-0.2, -0.15) is 0 Å². The molecule has 146 valence electrons. The molecule has 2 aromatic rings. The van der Waals surface area contributed by atoms with Crippen LogP contribution in [0.25, 0.3) is 0 Å². The minimum atomic E-state index is 0.306. The number of pyridine rings is 1. The van der Waals surface area contributed by atoms with Crippen LogP contribution in [0.1, 0.15) is 16.5 Å². The number of thiophene rings is 1. The highest BCUT2D eigenvalue weighted by molar-refractivity contribution is 7.10. The number of guanidine groups is 1. The predicted molar refractivity (Wildman–Crippen MR) is 108 cm³/mol. The lowest BCUT2D eigenvalue weighted by Crippen LogP contribution is -2.46. The maximum absolute atomic E-state index is 5.51. The molecule has 2 aromatic heterocycles. The number of hydrogen-bond acceptors (Lipinski definition) is 6.